The molecule has 44 heavy (non-hydrogen) atoms. The van der Waals surface area contributed by atoms with E-state index in [4.69, 9.17) is 9.47 Å². The Bertz CT molecular complexity index is 1650. The molecule has 0 fully saturated rings. The average Bonchev–Trinajstić information content (AvgIpc) is 3.57. The topological polar surface area (TPSA) is 108 Å². The minimum absolute atomic E-state index is 0.132. The number of aliphatic hydroxyl groups is 1. The number of ether oxygens (including phenoxy) is 2. The lowest BCUT2D eigenvalue weighted by atomic mass is 9.99. The van der Waals surface area contributed by atoms with E-state index in [1.807, 2.05) is 68.6 Å². The Balaban J connectivity index is 1.38. The van der Waals surface area contributed by atoms with Gasteiger partial charge in [0.05, 0.1) is 23.9 Å². The second kappa shape index (κ2) is 13.8. The Morgan fingerprint density at radius 1 is 1.05 bits per heavy atom. The highest BCUT2D eigenvalue weighted by molar-refractivity contribution is 7.94. The molecule has 0 spiro atoms. The summed E-state index contributed by atoms with van der Waals surface area (Å²) in [5.41, 5.74) is 1.52. The lowest BCUT2D eigenvalue weighted by molar-refractivity contribution is 0.0344. The molecule has 232 valence electrons. The molecule has 0 aliphatic carbocycles. The van der Waals surface area contributed by atoms with Crippen LogP contribution in [0.1, 0.15) is 29.8 Å². The molecule has 0 bridgehead atoms. The van der Waals surface area contributed by atoms with Gasteiger partial charge in [-0.2, -0.15) is 0 Å². The number of hydrogen-bond donors (Lipinski definition) is 2. The highest BCUT2D eigenvalue weighted by Crippen LogP contribution is 2.36. The van der Waals surface area contributed by atoms with Crippen LogP contribution in [-0.4, -0.2) is 68.1 Å². The fourth-order valence-electron chi connectivity index (χ4n) is 5.12. The predicted octanol–water partition coefficient (Wildman–Crippen LogP) is 5.69. The van der Waals surface area contributed by atoms with E-state index in [0.29, 0.717) is 19.6 Å². The third-order valence-corrected chi connectivity index (χ3v) is 10.3. The number of likely N-dealkylation sites (N-methyl/N-ethyl adjacent to an activating group) is 1. The number of anilines is 1. The van der Waals surface area contributed by atoms with Crippen LogP contribution in [0.3, 0.4) is 0 Å². The lowest BCUT2D eigenvalue weighted by Crippen LogP contribution is -2.49. The minimum Gasteiger partial charge on any atom is -0.486 e. The van der Waals surface area contributed by atoms with Gasteiger partial charge >= 0.3 is 0 Å². The van der Waals surface area contributed by atoms with Crippen molar-refractivity contribution in [2.45, 2.75) is 36.7 Å². The summed E-state index contributed by atoms with van der Waals surface area (Å²) in [6, 6.07) is 25.2. The van der Waals surface area contributed by atoms with Gasteiger partial charge in [0.2, 0.25) is 0 Å². The maximum Gasteiger partial charge on any atom is 0.271 e. The quantitative estimate of drug-likeness (QED) is 0.218. The molecule has 4 aromatic rings. The zero-order valence-corrected chi connectivity index (χ0v) is 26.6. The first-order chi connectivity index (χ1) is 21.1. The van der Waals surface area contributed by atoms with E-state index in [1.54, 1.807) is 41.5 Å². The van der Waals surface area contributed by atoms with Crippen LogP contribution in [-0.2, 0) is 16.6 Å². The van der Waals surface area contributed by atoms with E-state index >= 15 is 0 Å². The number of benzene rings is 3. The van der Waals surface area contributed by atoms with Gasteiger partial charge in [0.1, 0.15) is 21.8 Å². The molecule has 0 saturated heterocycles. The minimum atomic E-state index is -3.89. The van der Waals surface area contributed by atoms with Crippen molar-refractivity contribution >= 4 is 33.0 Å². The summed E-state index contributed by atoms with van der Waals surface area (Å²) in [6.45, 7) is 5.10. The number of thiophene rings is 1. The summed E-state index contributed by atoms with van der Waals surface area (Å²) in [5.74, 6) is 1.24. The molecule has 1 aliphatic rings. The number of carbonyl (C=O) groups excluding carboxylic acids is 1. The second-order valence-electron chi connectivity index (χ2n) is 11.1. The molecule has 3 atom stereocenters. The maximum atomic E-state index is 13.7. The second-order valence-corrected chi connectivity index (χ2v) is 14.0. The molecule has 0 saturated carbocycles. The van der Waals surface area contributed by atoms with Crippen LogP contribution in [0.15, 0.2) is 94.5 Å². The average molecular weight is 636 g/mol. The number of rotatable bonds is 11. The van der Waals surface area contributed by atoms with E-state index < -0.39 is 22.2 Å². The van der Waals surface area contributed by atoms with Crippen LogP contribution in [0.2, 0.25) is 0 Å². The van der Waals surface area contributed by atoms with Gasteiger partial charge in [0.25, 0.3) is 15.9 Å². The highest BCUT2D eigenvalue weighted by atomic mass is 32.2. The number of carbonyl (C=O) groups is 1. The molecule has 11 heteroatoms. The van der Waals surface area contributed by atoms with Gasteiger partial charge in [0.15, 0.2) is 5.75 Å². The van der Waals surface area contributed by atoms with Crippen LogP contribution < -0.4 is 14.2 Å². The van der Waals surface area contributed by atoms with Gasteiger partial charge in [-0.25, -0.2) is 8.42 Å². The van der Waals surface area contributed by atoms with E-state index in [9.17, 15) is 18.3 Å². The fourth-order valence-corrected chi connectivity index (χ4v) is 7.18. The number of sulfonamides is 1. The normalized spacial score (nSPS) is 17.8. The molecule has 5 rings (SSSR count). The number of amides is 1. The van der Waals surface area contributed by atoms with Crippen molar-refractivity contribution in [3.8, 4) is 17.2 Å². The monoisotopic (exact) mass is 635 g/mol. The van der Waals surface area contributed by atoms with Crippen molar-refractivity contribution in [1.29, 1.82) is 0 Å². The van der Waals surface area contributed by atoms with Gasteiger partial charge in [-0.05, 0) is 67.4 Å². The Morgan fingerprint density at radius 2 is 1.77 bits per heavy atom. The summed E-state index contributed by atoms with van der Waals surface area (Å²) in [4.78, 5) is 17.5. The zero-order valence-electron chi connectivity index (χ0n) is 24.9. The first-order valence-electron chi connectivity index (χ1n) is 14.4. The number of fused-ring (bicyclic) bond motifs is 1. The van der Waals surface area contributed by atoms with E-state index in [1.165, 1.54) is 6.07 Å². The zero-order chi connectivity index (χ0) is 31.3. The van der Waals surface area contributed by atoms with Gasteiger partial charge in [-0.15, -0.1) is 11.3 Å². The van der Waals surface area contributed by atoms with Gasteiger partial charge in [-0.3, -0.25) is 14.4 Å². The number of para-hydroxylation sites is 2. The maximum absolute atomic E-state index is 13.7. The van der Waals surface area contributed by atoms with Crippen molar-refractivity contribution in [2.75, 3.05) is 31.5 Å². The molecule has 1 aliphatic heterocycles. The Morgan fingerprint density at radius 3 is 2.45 bits per heavy atom. The summed E-state index contributed by atoms with van der Waals surface area (Å²) in [6.07, 6.45) is -0.395. The molecule has 1 amide bonds. The molecule has 2 heterocycles. The molecule has 3 aromatic carbocycles. The lowest BCUT2D eigenvalue weighted by Gasteiger charge is -2.38. The molecular weight excluding hydrogens is 599 g/mol. The van der Waals surface area contributed by atoms with Crippen LogP contribution in [0, 0.1) is 5.92 Å². The highest BCUT2D eigenvalue weighted by Gasteiger charge is 2.35. The number of nitrogens with zero attached hydrogens (tertiary/aromatic N) is 2. The molecule has 9 nitrogen and oxygen atoms in total. The van der Waals surface area contributed by atoms with Gasteiger partial charge in [0, 0.05) is 25.6 Å². The van der Waals surface area contributed by atoms with Crippen LogP contribution in [0.25, 0.3) is 0 Å². The molecule has 1 aromatic heterocycles. The number of nitrogens with one attached hydrogen (secondary N) is 1. The first kappa shape index (κ1) is 31.5. The van der Waals surface area contributed by atoms with Crippen LogP contribution in [0.4, 0.5) is 5.69 Å². The van der Waals surface area contributed by atoms with Crippen molar-refractivity contribution in [1.82, 2.24) is 9.80 Å². The largest absolute Gasteiger partial charge is 0.486 e. The van der Waals surface area contributed by atoms with Crippen molar-refractivity contribution in [3.63, 3.8) is 0 Å². The van der Waals surface area contributed by atoms with E-state index in [0.717, 1.165) is 28.4 Å². The smallest absolute Gasteiger partial charge is 0.271 e. The Hall–Kier alpha value is -3.90. The van der Waals surface area contributed by atoms with Crippen LogP contribution >= 0.6 is 11.3 Å². The fraction of sp³-hybridized carbons (Fsp3) is 0.303. The van der Waals surface area contributed by atoms with E-state index in [2.05, 4.69) is 9.62 Å². The van der Waals surface area contributed by atoms with E-state index in [-0.39, 0.29) is 39.6 Å². The summed E-state index contributed by atoms with van der Waals surface area (Å²) >= 11 is 1.10. The third-order valence-electron chi connectivity index (χ3n) is 7.54. The van der Waals surface area contributed by atoms with Crippen molar-refractivity contribution < 1.29 is 27.8 Å². The standard InChI is InChI=1S/C33H37N3O6S2/c1-23-19-36(24(2)22-37)33(38)28-11-7-12-29(34-44(39,40)31-13-8-18-43-31)32(28)42-30(23)21-35(3)20-25-14-16-27(17-15-25)41-26-9-5-4-6-10-26/h4-18,23-24,30,34,37H,19-22H2,1-3H3/t23-,24-,30-/m0/s1. The molecule has 0 unspecified atom stereocenters. The van der Waals surface area contributed by atoms with Crippen molar-refractivity contribution in [2.24, 2.45) is 5.92 Å². The predicted molar refractivity (Wildman–Crippen MR) is 172 cm³/mol. The molecular formula is C33H37N3O6S2. The SMILES string of the molecule is C[C@H]1CN([C@@H](C)CO)C(=O)c2cccc(NS(=O)(=O)c3cccs3)c2O[C@H]1CN(C)Cc1ccc(Oc2ccccc2)cc1. The molecule has 2 N–H and O–H groups in total. The van der Waals surface area contributed by atoms with Crippen LogP contribution in [0.5, 0.6) is 17.2 Å². The Labute approximate surface area is 262 Å². The molecule has 0 radical (unpaired) electrons. The summed E-state index contributed by atoms with van der Waals surface area (Å²) in [7, 11) is -1.90. The number of hydrogen-bond acceptors (Lipinski definition) is 8. The Kier molecular flexibility index (Phi) is 9.90. The summed E-state index contributed by atoms with van der Waals surface area (Å²) in [5, 5.41) is 11.6. The van der Waals surface area contributed by atoms with Gasteiger partial charge < -0.3 is 19.5 Å². The third kappa shape index (κ3) is 7.41. The van der Waals surface area contributed by atoms with Gasteiger partial charge in [-0.1, -0.05) is 49.4 Å². The number of aliphatic hydroxyl groups excluding tert-OH is 1. The summed E-state index contributed by atoms with van der Waals surface area (Å²) < 4.78 is 41.6. The van der Waals surface area contributed by atoms with Crippen molar-refractivity contribution in [3.05, 3.63) is 101 Å². The first-order valence-corrected chi connectivity index (χ1v) is 16.8.